The standard InChI is InChI=1S/C24H31N3O6S2/c1-33-22-13-12-20(17-23(22)35(31,32)26-14-6-3-7-15-26)25-24(28)19-9-8-16-27(18-19)34(29,30)21-10-4-2-5-11-21/h2,4-5,10-13,17,19H,3,6-9,14-16,18H2,1H3,(H,25,28)/t19-/m1/s1. The van der Waals surface area contributed by atoms with E-state index in [1.165, 1.54) is 27.9 Å². The molecular weight excluding hydrogens is 490 g/mol. The second kappa shape index (κ2) is 10.7. The number of hydrogen-bond donors (Lipinski definition) is 1. The van der Waals surface area contributed by atoms with Crippen molar-refractivity contribution in [2.24, 2.45) is 5.92 Å². The van der Waals surface area contributed by atoms with E-state index in [1.54, 1.807) is 36.4 Å². The Balaban J connectivity index is 1.51. The summed E-state index contributed by atoms with van der Waals surface area (Å²) >= 11 is 0. The largest absolute Gasteiger partial charge is 0.495 e. The molecule has 0 radical (unpaired) electrons. The van der Waals surface area contributed by atoms with Crippen LogP contribution in [-0.2, 0) is 24.8 Å². The number of nitrogens with zero attached hydrogens (tertiary/aromatic N) is 2. The van der Waals surface area contributed by atoms with Crippen molar-refractivity contribution in [1.29, 1.82) is 0 Å². The smallest absolute Gasteiger partial charge is 0.246 e. The Morgan fingerprint density at radius 2 is 1.57 bits per heavy atom. The minimum Gasteiger partial charge on any atom is -0.495 e. The lowest BCUT2D eigenvalue weighted by Crippen LogP contribution is -2.43. The summed E-state index contributed by atoms with van der Waals surface area (Å²) in [4.78, 5) is 13.3. The van der Waals surface area contributed by atoms with E-state index in [0.29, 0.717) is 38.2 Å². The number of nitrogens with one attached hydrogen (secondary N) is 1. The van der Waals surface area contributed by atoms with Crippen LogP contribution in [0.3, 0.4) is 0 Å². The van der Waals surface area contributed by atoms with Gasteiger partial charge in [-0.2, -0.15) is 8.61 Å². The third-order valence-electron chi connectivity index (χ3n) is 6.50. The zero-order valence-corrected chi connectivity index (χ0v) is 21.4. The highest BCUT2D eigenvalue weighted by Crippen LogP contribution is 2.32. The number of ether oxygens (including phenoxy) is 1. The van der Waals surface area contributed by atoms with E-state index < -0.39 is 26.0 Å². The van der Waals surface area contributed by atoms with Crippen LogP contribution in [0.5, 0.6) is 5.75 Å². The summed E-state index contributed by atoms with van der Waals surface area (Å²) in [6.45, 7) is 1.33. The van der Waals surface area contributed by atoms with Crippen LogP contribution in [0.1, 0.15) is 32.1 Å². The van der Waals surface area contributed by atoms with Crippen molar-refractivity contribution in [3.8, 4) is 5.75 Å². The molecule has 0 unspecified atom stereocenters. The molecule has 0 saturated carbocycles. The number of piperidine rings is 2. The molecule has 0 aliphatic carbocycles. The molecule has 0 bridgehead atoms. The van der Waals surface area contributed by atoms with Gasteiger partial charge in [0, 0.05) is 31.9 Å². The van der Waals surface area contributed by atoms with Crippen molar-refractivity contribution >= 4 is 31.6 Å². The summed E-state index contributed by atoms with van der Waals surface area (Å²) in [5.41, 5.74) is 0.328. The first-order chi connectivity index (χ1) is 16.7. The fourth-order valence-electron chi connectivity index (χ4n) is 4.56. The van der Waals surface area contributed by atoms with Gasteiger partial charge in [-0.05, 0) is 56.0 Å². The molecule has 2 fully saturated rings. The molecule has 1 N–H and O–H groups in total. The molecule has 2 aromatic rings. The number of carbonyl (C=O) groups excluding carboxylic acids is 1. The van der Waals surface area contributed by atoms with Gasteiger partial charge >= 0.3 is 0 Å². The number of rotatable bonds is 7. The fraction of sp³-hybridized carbons (Fsp3) is 0.458. The van der Waals surface area contributed by atoms with E-state index in [0.717, 1.165) is 19.3 Å². The van der Waals surface area contributed by atoms with E-state index in [-0.39, 0.29) is 28.0 Å². The van der Waals surface area contributed by atoms with Crippen LogP contribution in [0.15, 0.2) is 58.3 Å². The predicted octanol–water partition coefficient (Wildman–Crippen LogP) is 2.91. The van der Waals surface area contributed by atoms with Gasteiger partial charge in [0.05, 0.1) is 17.9 Å². The maximum atomic E-state index is 13.3. The number of amides is 1. The number of sulfonamides is 2. The van der Waals surface area contributed by atoms with E-state index in [2.05, 4.69) is 5.32 Å². The molecule has 2 aliphatic heterocycles. The Bertz CT molecular complexity index is 1260. The van der Waals surface area contributed by atoms with Gasteiger partial charge in [-0.25, -0.2) is 16.8 Å². The minimum atomic E-state index is -3.78. The van der Waals surface area contributed by atoms with E-state index in [9.17, 15) is 21.6 Å². The van der Waals surface area contributed by atoms with E-state index in [4.69, 9.17) is 4.74 Å². The summed E-state index contributed by atoms with van der Waals surface area (Å²) in [5.74, 6) is -0.678. The van der Waals surface area contributed by atoms with Gasteiger partial charge in [0.1, 0.15) is 10.6 Å². The molecule has 4 rings (SSSR count). The predicted molar refractivity (Wildman–Crippen MR) is 132 cm³/mol. The fourth-order valence-corrected chi connectivity index (χ4v) is 7.80. The van der Waals surface area contributed by atoms with Crippen molar-refractivity contribution in [3.05, 3.63) is 48.5 Å². The second-order valence-electron chi connectivity index (χ2n) is 8.83. The topological polar surface area (TPSA) is 113 Å². The third kappa shape index (κ3) is 5.53. The highest BCUT2D eigenvalue weighted by molar-refractivity contribution is 7.89. The lowest BCUT2D eigenvalue weighted by atomic mass is 9.98. The molecule has 2 aromatic carbocycles. The van der Waals surface area contributed by atoms with Crippen LogP contribution < -0.4 is 10.1 Å². The zero-order chi connectivity index (χ0) is 25.1. The van der Waals surface area contributed by atoms with Crippen LogP contribution in [0.2, 0.25) is 0 Å². The first kappa shape index (κ1) is 25.6. The second-order valence-corrected chi connectivity index (χ2v) is 12.7. The Morgan fingerprint density at radius 1 is 0.886 bits per heavy atom. The molecule has 2 saturated heterocycles. The molecular formula is C24H31N3O6S2. The molecule has 1 amide bonds. The summed E-state index contributed by atoms with van der Waals surface area (Å²) in [6.07, 6.45) is 3.71. The van der Waals surface area contributed by atoms with Gasteiger partial charge in [0.15, 0.2) is 0 Å². The monoisotopic (exact) mass is 521 g/mol. The van der Waals surface area contributed by atoms with Crippen molar-refractivity contribution < 1.29 is 26.4 Å². The lowest BCUT2D eigenvalue weighted by molar-refractivity contribution is -0.120. The number of benzene rings is 2. The Morgan fingerprint density at radius 3 is 2.26 bits per heavy atom. The van der Waals surface area contributed by atoms with Gasteiger partial charge in [0.2, 0.25) is 26.0 Å². The van der Waals surface area contributed by atoms with Crippen LogP contribution in [0.4, 0.5) is 5.69 Å². The molecule has 2 aliphatic rings. The maximum absolute atomic E-state index is 13.3. The van der Waals surface area contributed by atoms with Crippen molar-refractivity contribution in [2.75, 3.05) is 38.6 Å². The van der Waals surface area contributed by atoms with Crippen molar-refractivity contribution in [1.82, 2.24) is 8.61 Å². The first-order valence-corrected chi connectivity index (χ1v) is 14.7. The normalized spacial score (nSPS) is 20.3. The number of hydrogen-bond acceptors (Lipinski definition) is 6. The molecule has 11 heteroatoms. The van der Waals surface area contributed by atoms with Crippen LogP contribution in [0, 0.1) is 5.92 Å². The molecule has 1 atom stereocenters. The average Bonchev–Trinajstić information content (AvgIpc) is 2.89. The zero-order valence-electron chi connectivity index (χ0n) is 19.7. The van der Waals surface area contributed by atoms with Crippen LogP contribution in [-0.4, -0.2) is 64.6 Å². The third-order valence-corrected chi connectivity index (χ3v) is 10.3. The highest BCUT2D eigenvalue weighted by Gasteiger charge is 2.34. The molecule has 9 nitrogen and oxygen atoms in total. The van der Waals surface area contributed by atoms with E-state index in [1.807, 2.05) is 0 Å². The Hall–Kier alpha value is -2.47. The molecule has 0 aromatic heterocycles. The summed E-state index contributed by atoms with van der Waals surface area (Å²) in [6, 6.07) is 12.7. The van der Waals surface area contributed by atoms with E-state index >= 15 is 0 Å². The maximum Gasteiger partial charge on any atom is 0.246 e. The molecule has 190 valence electrons. The van der Waals surface area contributed by atoms with Gasteiger partial charge in [-0.15, -0.1) is 0 Å². The first-order valence-electron chi connectivity index (χ1n) is 11.8. The SMILES string of the molecule is COc1ccc(NC(=O)[C@@H]2CCCN(S(=O)(=O)c3ccccc3)C2)cc1S(=O)(=O)N1CCCCC1. The average molecular weight is 522 g/mol. The van der Waals surface area contributed by atoms with Gasteiger partial charge in [-0.3, -0.25) is 4.79 Å². The molecule has 35 heavy (non-hydrogen) atoms. The number of anilines is 1. The van der Waals surface area contributed by atoms with Crippen LogP contribution >= 0.6 is 0 Å². The summed E-state index contributed by atoms with van der Waals surface area (Å²) in [7, 11) is -6.06. The van der Waals surface area contributed by atoms with Crippen LogP contribution in [0.25, 0.3) is 0 Å². The number of carbonyl (C=O) groups is 1. The van der Waals surface area contributed by atoms with Gasteiger partial charge in [-0.1, -0.05) is 24.6 Å². The Kier molecular flexibility index (Phi) is 7.80. The summed E-state index contributed by atoms with van der Waals surface area (Å²) < 4.78 is 60.6. The minimum absolute atomic E-state index is 0.0108. The van der Waals surface area contributed by atoms with Gasteiger partial charge < -0.3 is 10.1 Å². The lowest BCUT2D eigenvalue weighted by Gasteiger charge is -2.31. The molecule has 0 spiro atoms. The van der Waals surface area contributed by atoms with Crippen molar-refractivity contribution in [2.45, 2.75) is 41.9 Å². The number of methoxy groups -OCH3 is 1. The highest BCUT2D eigenvalue weighted by atomic mass is 32.2. The van der Waals surface area contributed by atoms with Gasteiger partial charge in [0.25, 0.3) is 0 Å². The van der Waals surface area contributed by atoms with Crippen molar-refractivity contribution in [3.63, 3.8) is 0 Å². The Labute approximate surface area is 207 Å². The molecule has 2 heterocycles. The summed E-state index contributed by atoms with van der Waals surface area (Å²) in [5, 5.41) is 2.79. The quantitative estimate of drug-likeness (QED) is 0.600.